The second kappa shape index (κ2) is 9.24. The van der Waals surface area contributed by atoms with Crippen LogP contribution >= 0.6 is 15.9 Å². The number of hydrogen-bond donors (Lipinski definition) is 2. The average Bonchev–Trinajstić information content (AvgIpc) is 2.58. The molecular formula is C19H21BrN2O4. The van der Waals surface area contributed by atoms with E-state index >= 15 is 0 Å². The number of nitrogens with zero attached hydrogens (tertiary/aromatic N) is 1. The Kier molecular flexibility index (Phi) is 7.03. The molecule has 6 nitrogen and oxygen atoms in total. The highest BCUT2D eigenvalue weighted by Gasteiger charge is 2.08. The summed E-state index contributed by atoms with van der Waals surface area (Å²) >= 11 is 3.25. The number of phenolic OH excluding ortho intramolecular Hbond substituents is 1. The quantitative estimate of drug-likeness (QED) is 0.528. The van der Waals surface area contributed by atoms with Crippen LogP contribution in [0.3, 0.4) is 0 Å². The van der Waals surface area contributed by atoms with E-state index in [0.29, 0.717) is 28.1 Å². The van der Waals surface area contributed by atoms with E-state index in [-0.39, 0.29) is 18.3 Å². The van der Waals surface area contributed by atoms with Crippen LogP contribution in [-0.4, -0.2) is 30.4 Å². The van der Waals surface area contributed by atoms with Gasteiger partial charge in [-0.05, 0) is 66.0 Å². The number of ether oxygens (including phenoxy) is 2. The van der Waals surface area contributed by atoms with E-state index < -0.39 is 0 Å². The Morgan fingerprint density at radius 2 is 2.00 bits per heavy atom. The maximum absolute atomic E-state index is 11.9. The molecule has 0 fully saturated rings. The molecule has 0 aliphatic carbocycles. The van der Waals surface area contributed by atoms with Crippen LogP contribution in [0.4, 0.5) is 0 Å². The Bertz CT molecular complexity index is 821. The monoisotopic (exact) mass is 420 g/mol. The molecule has 1 amide bonds. The first-order chi connectivity index (χ1) is 12.4. The molecule has 0 spiro atoms. The van der Waals surface area contributed by atoms with Crippen LogP contribution in [0.25, 0.3) is 0 Å². The van der Waals surface area contributed by atoms with Crippen LogP contribution in [0.1, 0.15) is 23.6 Å². The molecule has 0 heterocycles. The third-order valence-corrected chi connectivity index (χ3v) is 4.05. The summed E-state index contributed by atoms with van der Waals surface area (Å²) in [5.74, 6) is 0.658. The zero-order chi connectivity index (χ0) is 19.1. The van der Waals surface area contributed by atoms with Crippen molar-refractivity contribution in [1.29, 1.82) is 0 Å². The average molecular weight is 421 g/mol. The third kappa shape index (κ3) is 5.49. The number of carbonyl (C=O) groups is 1. The van der Waals surface area contributed by atoms with E-state index in [9.17, 15) is 9.90 Å². The number of aromatic hydroxyl groups is 1. The summed E-state index contributed by atoms with van der Waals surface area (Å²) in [6.07, 6.45) is 1.46. The van der Waals surface area contributed by atoms with Gasteiger partial charge in [0.15, 0.2) is 18.1 Å². The molecule has 0 radical (unpaired) electrons. The molecule has 2 aromatic carbocycles. The number of phenols is 1. The summed E-state index contributed by atoms with van der Waals surface area (Å²) < 4.78 is 11.3. The Balaban J connectivity index is 1.92. The van der Waals surface area contributed by atoms with Gasteiger partial charge in [0.25, 0.3) is 5.91 Å². The van der Waals surface area contributed by atoms with Crippen molar-refractivity contribution in [2.75, 3.05) is 13.2 Å². The summed E-state index contributed by atoms with van der Waals surface area (Å²) in [5.41, 5.74) is 5.17. The highest BCUT2D eigenvalue weighted by Crippen LogP contribution is 2.35. The fraction of sp³-hybridized carbons (Fsp3) is 0.263. The molecule has 0 aliphatic rings. The first-order valence-electron chi connectivity index (χ1n) is 8.08. The number of nitrogens with one attached hydrogen (secondary N) is 1. The van der Waals surface area contributed by atoms with Gasteiger partial charge >= 0.3 is 0 Å². The maximum Gasteiger partial charge on any atom is 0.277 e. The lowest BCUT2D eigenvalue weighted by Crippen LogP contribution is -2.24. The van der Waals surface area contributed by atoms with Crippen LogP contribution in [0.15, 0.2) is 39.9 Å². The molecule has 2 rings (SSSR count). The Morgan fingerprint density at radius 1 is 1.23 bits per heavy atom. The van der Waals surface area contributed by atoms with Crippen molar-refractivity contribution >= 4 is 28.1 Å². The smallest absolute Gasteiger partial charge is 0.277 e. The Labute approximate surface area is 161 Å². The summed E-state index contributed by atoms with van der Waals surface area (Å²) in [7, 11) is 0. The third-order valence-electron chi connectivity index (χ3n) is 3.44. The topological polar surface area (TPSA) is 80.2 Å². The number of benzene rings is 2. The minimum absolute atomic E-state index is 0.0231. The maximum atomic E-state index is 11.9. The first kappa shape index (κ1) is 19.8. The molecule has 0 atom stereocenters. The number of hydrogen-bond acceptors (Lipinski definition) is 5. The molecule has 0 unspecified atom stereocenters. The summed E-state index contributed by atoms with van der Waals surface area (Å²) in [5, 5.41) is 13.8. The standard InChI is InChI=1S/C19H21BrN2O4/c1-4-25-17-9-14(8-15(20)19(17)24)10-21-22-18(23)11-26-16-6-5-12(2)7-13(16)3/h5-10,24H,4,11H2,1-3H3,(H,22,23)/b21-10-. The molecular weight excluding hydrogens is 400 g/mol. The minimum atomic E-state index is -0.371. The van der Waals surface area contributed by atoms with E-state index in [4.69, 9.17) is 9.47 Å². The molecule has 138 valence electrons. The number of amides is 1. The minimum Gasteiger partial charge on any atom is -0.503 e. The fourth-order valence-corrected chi connectivity index (χ4v) is 2.71. The molecule has 0 aromatic heterocycles. The summed E-state index contributed by atoms with van der Waals surface area (Å²) in [6, 6.07) is 9.05. The molecule has 2 aromatic rings. The molecule has 0 bridgehead atoms. The molecule has 7 heteroatoms. The number of hydrazone groups is 1. The molecule has 0 aliphatic heterocycles. The second-order valence-electron chi connectivity index (χ2n) is 5.63. The van der Waals surface area contributed by atoms with Gasteiger partial charge in [-0.3, -0.25) is 4.79 Å². The highest BCUT2D eigenvalue weighted by atomic mass is 79.9. The molecule has 0 saturated heterocycles. The number of rotatable bonds is 7. The van der Waals surface area contributed by atoms with Gasteiger partial charge in [-0.2, -0.15) is 5.10 Å². The molecule has 26 heavy (non-hydrogen) atoms. The summed E-state index contributed by atoms with van der Waals surface area (Å²) in [6.45, 7) is 6.04. The van der Waals surface area contributed by atoms with E-state index in [2.05, 4.69) is 26.5 Å². The highest BCUT2D eigenvalue weighted by molar-refractivity contribution is 9.10. The molecule has 2 N–H and O–H groups in total. The van der Waals surface area contributed by atoms with Crippen LogP contribution in [0.5, 0.6) is 17.2 Å². The van der Waals surface area contributed by atoms with Crippen LogP contribution in [-0.2, 0) is 4.79 Å². The van der Waals surface area contributed by atoms with Gasteiger partial charge in [0.1, 0.15) is 5.75 Å². The van der Waals surface area contributed by atoms with Crippen molar-refractivity contribution in [3.63, 3.8) is 0 Å². The predicted octanol–water partition coefficient (Wildman–Crippen LogP) is 3.70. The molecule has 0 saturated carbocycles. The normalized spacial score (nSPS) is 10.8. The van der Waals surface area contributed by atoms with Gasteiger partial charge in [-0.1, -0.05) is 17.7 Å². The Morgan fingerprint density at radius 3 is 2.69 bits per heavy atom. The van der Waals surface area contributed by atoms with E-state index in [1.807, 2.05) is 39.0 Å². The van der Waals surface area contributed by atoms with Gasteiger partial charge in [-0.25, -0.2) is 5.43 Å². The number of carbonyl (C=O) groups excluding carboxylic acids is 1. The van der Waals surface area contributed by atoms with Crippen molar-refractivity contribution < 1.29 is 19.4 Å². The van der Waals surface area contributed by atoms with Crippen molar-refractivity contribution in [2.45, 2.75) is 20.8 Å². The van der Waals surface area contributed by atoms with Crippen LogP contribution in [0.2, 0.25) is 0 Å². The van der Waals surface area contributed by atoms with Gasteiger partial charge in [0, 0.05) is 0 Å². The second-order valence-corrected chi connectivity index (χ2v) is 6.49. The van der Waals surface area contributed by atoms with Gasteiger partial charge in [0.05, 0.1) is 17.3 Å². The lowest BCUT2D eigenvalue weighted by atomic mass is 10.1. The van der Waals surface area contributed by atoms with Crippen molar-refractivity contribution in [3.05, 3.63) is 51.5 Å². The Hall–Kier alpha value is -2.54. The first-order valence-corrected chi connectivity index (χ1v) is 8.87. The predicted molar refractivity (Wildman–Crippen MR) is 104 cm³/mol. The van der Waals surface area contributed by atoms with E-state index in [1.54, 1.807) is 12.1 Å². The van der Waals surface area contributed by atoms with E-state index in [0.717, 1.165) is 11.1 Å². The lowest BCUT2D eigenvalue weighted by Gasteiger charge is -2.09. The van der Waals surface area contributed by atoms with E-state index in [1.165, 1.54) is 6.21 Å². The van der Waals surface area contributed by atoms with Crippen molar-refractivity contribution in [3.8, 4) is 17.2 Å². The van der Waals surface area contributed by atoms with Crippen LogP contribution < -0.4 is 14.9 Å². The van der Waals surface area contributed by atoms with Crippen molar-refractivity contribution in [1.82, 2.24) is 5.43 Å². The largest absolute Gasteiger partial charge is 0.503 e. The van der Waals surface area contributed by atoms with Crippen molar-refractivity contribution in [2.24, 2.45) is 5.10 Å². The number of aryl methyl sites for hydroxylation is 2. The zero-order valence-corrected chi connectivity index (χ0v) is 16.5. The van der Waals surface area contributed by atoms with Gasteiger partial charge in [0.2, 0.25) is 0 Å². The van der Waals surface area contributed by atoms with Gasteiger partial charge < -0.3 is 14.6 Å². The SMILES string of the molecule is CCOc1cc(/C=N\NC(=O)COc2ccc(C)cc2C)cc(Br)c1O. The zero-order valence-electron chi connectivity index (χ0n) is 14.9. The number of halogens is 1. The summed E-state index contributed by atoms with van der Waals surface area (Å²) in [4.78, 5) is 11.9. The lowest BCUT2D eigenvalue weighted by molar-refractivity contribution is -0.123. The van der Waals surface area contributed by atoms with Crippen LogP contribution in [0, 0.1) is 13.8 Å². The fourth-order valence-electron chi connectivity index (χ4n) is 2.25. The van der Waals surface area contributed by atoms with Gasteiger partial charge in [-0.15, -0.1) is 0 Å².